The molecule has 5 heteroatoms. The van der Waals surface area contributed by atoms with Crippen molar-refractivity contribution in [1.29, 1.82) is 0 Å². The normalized spacial score (nSPS) is 16.1. The van der Waals surface area contributed by atoms with Gasteiger partial charge in [-0.1, -0.05) is 12.8 Å². The van der Waals surface area contributed by atoms with Gasteiger partial charge in [-0.2, -0.15) is 0 Å². The van der Waals surface area contributed by atoms with Crippen molar-refractivity contribution >= 4 is 12.0 Å². The number of carbonyl (C=O) groups is 2. The average molecular weight is 214 g/mol. The molecule has 1 fully saturated rings. The van der Waals surface area contributed by atoms with Crippen LogP contribution in [0, 0.1) is 5.92 Å². The summed E-state index contributed by atoms with van der Waals surface area (Å²) in [5.41, 5.74) is 0. The standard InChI is InChI=1S/C10H18N2O3/c1-15-9(13)7-12-10(14)11-6-8-4-2-3-5-8/h8H,2-7H2,1H3,(H2,11,12,14). The number of methoxy groups -OCH3 is 1. The quantitative estimate of drug-likeness (QED) is 0.675. The van der Waals surface area contributed by atoms with E-state index < -0.39 is 5.97 Å². The van der Waals surface area contributed by atoms with E-state index in [0.717, 1.165) is 0 Å². The molecule has 0 heterocycles. The summed E-state index contributed by atoms with van der Waals surface area (Å²) in [5, 5.41) is 5.18. The van der Waals surface area contributed by atoms with E-state index in [1.807, 2.05) is 0 Å². The molecular formula is C10H18N2O3. The molecule has 1 rings (SSSR count). The highest BCUT2D eigenvalue weighted by atomic mass is 16.5. The van der Waals surface area contributed by atoms with Gasteiger partial charge in [0.15, 0.2) is 0 Å². The molecule has 0 aromatic carbocycles. The number of esters is 1. The van der Waals surface area contributed by atoms with Crippen molar-refractivity contribution in [1.82, 2.24) is 10.6 Å². The first kappa shape index (κ1) is 11.8. The summed E-state index contributed by atoms with van der Waals surface area (Å²) in [7, 11) is 1.29. The molecule has 86 valence electrons. The number of carbonyl (C=O) groups excluding carboxylic acids is 2. The molecule has 0 unspecified atom stereocenters. The number of ether oxygens (including phenoxy) is 1. The number of hydrogen-bond donors (Lipinski definition) is 2. The minimum absolute atomic E-state index is 0.0764. The molecule has 0 saturated heterocycles. The molecule has 1 saturated carbocycles. The molecule has 1 aliphatic rings. The van der Waals surface area contributed by atoms with E-state index >= 15 is 0 Å². The Balaban J connectivity index is 2.05. The minimum atomic E-state index is -0.439. The maximum atomic E-state index is 11.2. The predicted molar refractivity (Wildman–Crippen MR) is 55.4 cm³/mol. The Hall–Kier alpha value is -1.26. The Morgan fingerprint density at radius 2 is 1.93 bits per heavy atom. The SMILES string of the molecule is COC(=O)CNC(=O)NCC1CCCC1. The van der Waals surface area contributed by atoms with Gasteiger partial charge in [0.1, 0.15) is 6.54 Å². The van der Waals surface area contributed by atoms with Crippen LogP contribution in [-0.4, -0.2) is 32.2 Å². The molecule has 0 aromatic rings. The summed E-state index contributed by atoms with van der Waals surface area (Å²) < 4.78 is 4.40. The second kappa shape index (κ2) is 6.27. The zero-order valence-corrected chi connectivity index (χ0v) is 9.04. The molecule has 0 radical (unpaired) electrons. The smallest absolute Gasteiger partial charge is 0.325 e. The topological polar surface area (TPSA) is 67.4 Å². The van der Waals surface area contributed by atoms with Crippen molar-refractivity contribution < 1.29 is 14.3 Å². The van der Waals surface area contributed by atoms with Crippen molar-refractivity contribution in [2.75, 3.05) is 20.2 Å². The van der Waals surface area contributed by atoms with E-state index in [1.54, 1.807) is 0 Å². The summed E-state index contributed by atoms with van der Waals surface area (Å²) in [4.78, 5) is 21.9. The highest BCUT2D eigenvalue weighted by Crippen LogP contribution is 2.23. The van der Waals surface area contributed by atoms with E-state index in [9.17, 15) is 9.59 Å². The van der Waals surface area contributed by atoms with Crippen LogP contribution < -0.4 is 10.6 Å². The lowest BCUT2D eigenvalue weighted by Crippen LogP contribution is -2.40. The molecular weight excluding hydrogens is 196 g/mol. The molecule has 0 atom stereocenters. The van der Waals surface area contributed by atoms with Gasteiger partial charge in [-0.3, -0.25) is 4.79 Å². The van der Waals surface area contributed by atoms with E-state index in [-0.39, 0.29) is 12.6 Å². The Morgan fingerprint density at radius 1 is 1.27 bits per heavy atom. The Bertz CT molecular complexity index is 225. The first-order valence-corrected chi connectivity index (χ1v) is 5.31. The summed E-state index contributed by atoms with van der Waals surface area (Å²) in [6, 6.07) is -0.299. The van der Waals surface area contributed by atoms with E-state index in [1.165, 1.54) is 32.8 Å². The maximum Gasteiger partial charge on any atom is 0.325 e. The lowest BCUT2D eigenvalue weighted by Gasteiger charge is -2.10. The second-order valence-corrected chi connectivity index (χ2v) is 3.79. The van der Waals surface area contributed by atoms with Gasteiger partial charge in [-0.05, 0) is 18.8 Å². The zero-order chi connectivity index (χ0) is 11.1. The fraction of sp³-hybridized carbons (Fsp3) is 0.800. The maximum absolute atomic E-state index is 11.2. The van der Waals surface area contributed by atoms with Crippen LogP contribution in [0.4, 0.5) is 4.79 Å². The van der Waals surface area contributed by atoms with Crippen LogP contribution in [0.2, 0.25) is 0 Å². The van der Waals surface area contributed by atoms with Gasteiger partial charge in [0.2, 0.25) is 0 Å². The number of amides is 2. The minimum Gasteiger partial charge on any atom is -0.468 e. The van der Waals surface area contributed by atoms with Crippen molar-refractivity contribution in [3.05, 3.63) is 0 Å². The Morgan fingerprint density at radius 3 is 2.53 bits per heavy atom. The number of hydrogen-bond acceptors (Lipinski definition) is 3. The van der Waals surface area contributed by atoms with Gasteiger partial charge in [0, 0.05) is 6.54 Å². The van der Waals surface area contributed by atoms with E-state index in [2.05, 4.69) is 15.4 Å². The van der Waals surface area contributed by atoms with Crippen LogP contribution in [0.1, 0.15) is 25.7 Å². The molecule has 5 nitrogen and oxygen atoms in total. The summed E-state index contributed by atoms with van der Waals surface area (Å²) in [6.45, 7) is 0.625. The van der Waals surface area contributed by atoms with Gasteiger partial charge in [0.05, 0.1) is 7.11 Å². The monoisotopic (exact) mass is 214 g/mol. The summed E-state index contributed by atoms with van der Waals surface area (Å²) in [5.74, 6) is 0.167. The van der Waals surface area contributed by atoms with Crippen molar-refractivity contribution in [2.24, 2.45) is 5.92 Å². The molecule has 2 N–H and O–H groups in total. The third-order valence-corrected chi connectivity index (χ3v) is 2.65. The first-order chi connectivity index (χ1) is 7.22. The van der Waals surface area contributed by atoms with Crippen LogP contribution in [0.3, 0.4) is 0 Å². The second-order valence-electron chi connectivity index (χ2n) is 3.79. The predicted octanol–water partition coefficient (Wildman–Crippen LogP) is 0.649. The third kappa shape index (κ3) is 4.67. The van der Waals surface area contributed by atoms with Gasteiger partial charge in [-0.25, -0.2) is 4.79 Å². The zero-order valence-electron chi connectivity index (χ0n) is 9.04. The van der Waals surface area contributed by atoms with Crippen LogP contribution in [0.15, 0.2) is 0 Å². The lowest BCUT2D eigenvalue weighted by molar-refractivity contribution is -0.139. The summed E-state index contributed by atoms with van der Waals surface area (Å²) >= 11 is 0. The number of urea groups is 1. The molecule has 0 spiro atoms. The van der Waals surface area contributed by atoms with Crippen LogP contribution in [-0.2, 0) is 9.53 Å². The van der Waals surface area contributed by atoms with E-state index in [0.29, 0.717) is 12.5 Å². The molecule has 0 aliphatic heterocycles. The van der Waals surface area contributed by atoms with E-state index in [4.69, 9.17) is 0 Å². The van der Waals surface area contributed by atoms with Gasteiger partial charge in [0.25, 0.3) is 0 Å². The van der Waals surface area contributed by atoms with Crippen molar-refractivity contribution in [2.45, 2.75) is 25.7 Å². The fourth-order valence-electron chi connectivity index (χ4n) is 1.74. The third-order valence-electron chi connectivity index (χ3n) is 2.65. The largest absolute Gasteiger partial charge is 0.468 e. The van der Waals surface area contributed by atoms with Crippen LogP contribution in [0.25, 0.3) is 0 Å². The Kier molecular flexibility index (Phi) is 4.93. The molecule has 0 bridgehead atoms. The number of rotatable bonds is 4. The summed E-state index contributed by atoms with van der Waals surface area (Å²) in [6.07, 6.45) is 4.90. The Labute approximate surface area is 89.6 Å². The molecule has 2 amide bonds. The highest BCUT2D eigenvalue weighted by molar-refractivity contribution is 5.80. The number of nitrogens with one attached hydrogen (secondary N) is 2. The molecule has 1 aliphatic carbocycles. The van der Waals surface area contributed by atoms with Gasteiger partial charge in [-0.15, -0.1) is 0 Å². The molecule has 15 heavy (non-hydrogen) atoms. The fourth-order valence-corrected chi connectivity index (χ4v) is 1.74. The van der Waals surface area contributed by atoms with Crippen LogP contribution >= 0.6 is 0 Å². The van der Waals surface area contributed by atoms with Crippen molar-refractivity contribution in [3.8, 4) is 0 Å². The highest BCUT2D eigenvalue weighted by Gasteiger charge is 2.15. The van der Waals surface area contributed by atoms with Gasteiger partial charge >= 0.3 is 12.0 Å². The molecule has 0 aromatic heterocycles. The first-order valence-electron chi connectivity index (χ1n) is 5.31. The van der Waals surface area contributed by atoms with Crippen LogP contribution in [0.5, 0.6) is 0 Å². The van der Waals surface area contributed by atoms with Crippen molar-refractivity contribution in [3.63, 3.8) is 0 Å². The lowest BCUT2D eigenvalue weighted by atomic mass is 10.1. The average Bonchev–Trinajstić information content (AvgIpc) is 2.75. The van der Waals surface area contributed by atoms with Gasteiger partial charge < -0.3 is 15.4 Å².